The van der Waals surface area contributed by atoms with Crippen LogP contribution < -0.4 is 31.2 Å². The van der Waals surface area contributed by atoms with Gasteiger partial charge < -0.3 is 4.74 Å². The standard InChI is InChI=1S/C35H50NO2.C24BF20/c1-2-3-4-5-6-7-8-9-10-11-12-13-14-15-16-22-29-38-35-28-27-31-23-20-21-26-33(31)36(35)30-34(37)32-24-18-17-19-25-32;26-5-1(6(27)14(35)21(42)13(5)34)25(2-7(28)15(36)22(43)16(37)8(2)29,3-9(30)17(38)23(44)18(39)10(3)31)4-11(32)19(40)24(45)20(41)12(4)33/h17-21,23-28H,2-16,22,29-30H2,1H3;/q+1;-1. The van der Waals surface area contributed by atoms with Crippen molar-refractivity contribution in [1.29, 1.82) is 0 Å². The Morgan fingerprint density at radius 3 is 0.976 bits per heavy atom. The van der Waals surface area contributed by atoms with Crippen LogP contribution in [-0.4, -0.2) is 18.5 Å². The third-order valence-corrected chi connectivity index (χ3v) is 14.3. The van der Waals surface area contributed by atoms with Gasteiger partial charge in [-0.25, -0.2) is 87.8 Å². The third kappa shape index (κ3) is 13.5. The zero-order chi connectivity index (χ0) is 61.0. The SMILES string of the molecule is CCCCCCCCCCCCCCCCCCOc1ccc2ccccc2[n+]1CC(=O)c1ccccc1.Fc1c(F)c(F)c([B-](c2c(F)c(F)c(F)c(F)c2F)(c2c(F)c(F)c(F)c(F)c2F)c2c(F)c(F)c(F)c(F)c2F)c(F)c1F. The van der Waals surface area contributed by atoms with Gasteiger partial charge in [0.2, 0.25) is 17.8 Å². The van der Waals surface area contributed by atoms with E-state index in [0.717, 1.165) is 28.8 Å². The molecule has 3 nitrogen and oxygen atoms in total. The molecule has 0 aliphatic carbocycles. The molecule has 0 fully saturated rings. The Hall–Kier alpha value is -7.14. The molecular formula is C59H50BF20NO2. The first kappa shape index (κ1) is 65.0. The van der Waals surface area contributed by atoms with Crippen LogP contribution in [0.15, 0.2) is 66.7 Å². The first-order valence-electron chi connectivity index (χ1n) is 26.4. The molecule has 7 rings (SSSR count). The lowest BCUT2D eigenvalue weighted by Crippen LogP contribution is -2.81. The summed E-state index contributed by atoms with van der Waals surface area (Å²) < 4.78 is 302. The van der Waals surface area contributed by atoms with Gasteiger partial charge in [-0.05, 0) is 18.6 Å². The number of hydrogen-bond donors (Lipinski definition) is 0. The molecule has 1 aromatic heterocycles. The number of nitrogens with zero attached hydrogens (tertiary/aromatic N) is 1. The molecule has 0 amide bonds. The Labute approximate surface area is 462 Å². The average molecular weight is 1200 g/mol. The second-order valence-corrected chi connectivity index (χ2v) is 19.6. The van der Waals surface area contributed by atoms with Gasteiger partial charge in [-0.1, -0.05) is 146 Å². The molecule has 446 valence electrons. The van der Waals surface area contributed by atoms with Gasteiger partial charge in [-0.3, -0.25) is 4.79 Å². The van der Waals surface area contributed by atoms with Gasteiger partial charge >= 0.3 is 5.88 Å². The maximum atomic E-state index is 15.4. The molecule has 0 aliphatic rings. The number of rotatable bonds is 25. The van der Waals surface area contributed by atoms with Crippen molar-refractivity contribution in [2.24, 2.45) is 0 Å². The number of carbonyl (C=O) groups is 1. The van der Waals surface area contributed by atoms with E-state index in [2.05, 4.69) is 25.1 Å². The Morgan fingerprint density at radius 1 is 0.349 bits per heavy atom. The van der Waals surface area contributed by atoms with E-state index in [1.54, 1.807) is 0 Å². The Kier molecular flexibility index (Phi) is 22.6. The molecule has 0 bridgehead atoms. The highest BCUT2D eigenvalue weighted by atomic mass is 19.2. The highest BCUT2D eigenvalue weighted by Gasteiger charge is 2.52. The maximum absolute atomic E-state index is 15.4. The normalized spacial score (nSPS) is 11.6. The Balaban J connectivity index is 0.000000271. The number of para-hydroxylation sites is 1. The van der Waals surface area contributed by atoms with E-state index >= 15 is 35.1 Å². The van der Waals surface area contributed by atoms with Crippen molar-refractivity contribution >= 4 is 44.7 Å². The van der Waals surface area contributed by atoms with Crippen LogP contribution in [0.2, 0.25) is 0 Å². The van der Waals surface area contributed by atoms with Crippen LogP contribution in [0.3, 0.4) is 0 Å². The summed E-state index contributed by atoms with van der Waals surface area (Å²) in [7, 11) is 0. The lowest BCUT2D eigenvalue weighted by Gasteiger charge is -2.44. The zero-order valence-electron chi connectivity index (χ0n) is 44.0. The summed E-state index contributed by atoms with van der Waals surface area (Å²) in [6.45, 7) is 3.26. The number of Topliss-reactive ketones (excluding diaryl/α,β-unsaturated/α-hetero) is 1. The number of benzene rings is 6. The summed E-state index contributed by atoms with van der Waals surface area (Å²) in [5, 5.41) is 1.11. The number of pyridine rings is 1. The van der Waals surface area contributed by atoms with Crippen molar-refractivity contribution in [3.05, 3.63) is 189 Å². The molecule has 0 unspecified atom stereocenters. The second-order valence-electron chi connectivity index (χ2n) is 19.6. The van der Waals surface area contributed by atoms with Crippen LogP contribution in [0.1, 0.15) is 120 Å². The molecule has 1 heterocycles. The molecular weight excluding hydrogens is 1150 g/mol. The predicted molar refractivity (Wildman–Crippen MR) is 269 cm³/mol. The number of aromatic nitrogens is 1. The first-order valence-corrected chi connectivity index (χ1v) is 26.4. The minimum Gasteiger partial charge on any atom is -0.444 e. The van der Waals surface area contributed by atoms with Gasteiger partial charge in [0.1, 0.15) is 52.7 Å². The summed E-state index contributed by atoms with van der Waals surface area (Å²) in [5.74, 6) is -70.5. The largest absolute Gasteiger partial charge is 0.444 e. The monoisotopic (exact) mass is 1200 g/mol. The van der Waals surface area contributed by atoms with E-state index in [4.69, 9.17) is 4.74 Å². The number of unbranched alkanes of at least 4 members (excludes halogenated alkanes) is 15. The van der Waals surface area contributed by atoms with Crippen LogP contribution in [-0.2, 0) is 6.54 Å². The van der Waals surface area contributed by atoms with Crippen LogP contribution in [0.5, 0.6) is 5.88 Å². The molecule has 0 saturated heterocycles. The fourth-order valence-corrected chi connectivity index (χ4v) is 10.1. The number of halogens is 20. The molecule has 0 aliphatic heterocycles. The molecule has 83 heavy (non-hydrogen) atoms. The summed E-state index contributed by atoms with van der Waals surface area (Å²) >= 11 is 0. The Morgan fingerprint density at radius 2 is 0.639 bits per heavy atom. The van der Waals surface area contributed by atoms with Crippen LogP contribution >= 0.6 is 0 Å². The molecule has 7 aromatic rings. The van der Waals surface area contributed by atoms with Crippen molar-refractivity contribution in [2.75, 3.05) is 6.61 Å². The summed E-state index contributed by atoms with van der Waals surface area (Å²) in [6, 6.07) is 21.8. The Bertz CT molecular complexity index is 3070. The topological polar surface area (TPSA) is 30.2 Å². The lowest BCUT2D eigenvalue weighted by atomic mass is 9.12. The van der Waals surface area contributed by atoms with Gasteiger partial charge in [0.05, 0.1) is 12.7 Å². The number of carbonyl (C=O) groups excluding carboxylic acids is 1. The molecule has 24 heteroatoms. The van der Waals surface area contributed by atoms with Crippen LogP contribution in [0.4, 0.5) is 87.8 Å². The van der Waals surface area contributed by atoms with Crippen LogP contribution in [0.25, 0.3) is 10.9 Å². The fourth-order valence-electron chi connectivity index (χ4n) is 10.1. The van der Waals surface area contributed by atoms with Gasteiger partial charge in [-0.2, -0.15) is 4.57 Å². The number of ether oxygens (including phenoxy) is 1. The minimum absolute atomic E-state index is 0.0965. The van der Waals surface area contributed by atoms with E-state index in [9.17, 15) is 57.5 Å². The quantitative estimate of drug-likeness (QED) is 0.0109. The lowest BCUT2D eigenvalue weighted by molar-refractivity contribution is -0.663. The number of ketones is 1. The molecule has 0 atom stereocenters. The summed E-state index contributed by atoms with van der Waals surface area (Å²) in [4.78, 5) is 13.0. The van der Waals surface area contributed by atoms with E-state index in [0.29, 0.717) is 6.61 Å². The highest BCUT2D eigenvalue weighted by molar-refractivity contribution is 7.20. The van der Waals surface area contributed by atoms with Gasteiger partial charge in [-0.15, -0.1) is 21.9 Å². The summed E-state index contributed by atoms with van der Waals surface area (Å²) in [5.41, 5.74) is -12.6. The van der Waals surface area contributed by atoms with Crippen LogP contribution in [0, 0.1) is 116 Å². The number of hydrogen-bond acceptors (Lipinski definition) is 2. The van der Waals surface area contributed by atoms with E-state index < -0.39 is 144 Å². The molecule has 0 saturated carbocycles. The van der Waals surface area contributed by atoms with E-state index in [1.807, 2.05) is 53.1 Å². The average Bonchev–Trinajstić information content (AvgIpc) is 0.848. The van der Waals surface area contributed by atoms with Gasteiger partial charge in [0, 0.05) is 17.0 Å². The van der Waals surface area contributed by atoms with Crippen molar-refractivity contribution in [2.45, 2.75) is 116 Å². The minimum atomic E-state index is -7.22. The zero-order valence-corrected chi connectivity index (χ0v) is 44.0. The van der Waals surface area contributed by atoms with Crippen molar-refractivity contribution in [3.63, 3.8) is 0 Å². The molecule has 0 N–H and O–H groups in total. The maximum Gasteiger partial charge on any atom is 0.368 e. The molecule has 6 aromatic carbocycles. The molecule has 0 spiro atoms. The number of fused-ring (bicyclic) bond motifs is 1. The third-order valence-electron chi connectivity index (χ3n) is 14.3. The van der Waals surface area contributed by atoms with Gasteiger partial charge in [0.15, 0.2) is 69.8 Å². The van der Waals surface area contributed by atoms with E-state index in [-0.39, 0.29) is 12.3 Å². The summed E-state index contributed by atoms with van der Waals surface area (Å²) in [6.07, 6.45) is 14.6. The van der Waals surface area contributed by atoms with Crippen molar-refractivity contribution in [3.8, 4) is 5.88 Å². The smallest absolute Gasteiger partial charge is 0.368 e. The van der Waals surface area contributed by atoms with Crippen molar-refractivity contribution in [1.82, 2.24) is 0 Å². The second kappa shape index (κ2) is 28.9. The highest BCUT2D eigenvalue weighted by Crippen LogP contribution is 2.31. The molecule has 0 radical (unpaired) electrons. The van der Waals surface area contributed by atoms with Gasteiger partial charge in [0.25, 0.3) is 0 Å². The van der Waals surface area contributed by atoms with Crippen molar-refractivity contribution < 1.29 is 102 Å². The van der Waals surface area contributed by atoms with E-state index in [1.165, 1.54) is 96.3 Å². The first-order chi connectivity index (χ1) is 39.5. The predicted octanol–water partition coefficient (Wildman–Crippen LogP) is 15.5. The fraction of sp³-hybridized carbons (Fsp3) is 0.322.